The van der Waals surface area contributed by atoms with E-state index in [0.29, 0.717) is 11.8 Å². The van der Waals surface area contributed by atoms with Crippen molar-refractivity contribution in [1.29, 1.82) is 0 Å². The number of aliphatic hydroxyl groups is 1. The normalized spacial score (nSPS) is 27.9. The van der Waals surface area contributed by atoms with Gasteiger partial charge in [-0.1, -0.05) is 6.08 Å². The fourth-order valence-electron chi connectivity index (χ4n) is 4.44. The number of hydrogen-bond acceptors (Lipinski definition) is 4. The number of fused-ring (bicyclic) bond motifs is 4. The molecule has 3 fully saturated rings. The lowest BCUT2D eigenvalue weighted by molar-refractivity contribution is -0.0444. The average molecular weight is 397 g/mol. The predicted octanol–water partition coefficient (Wildman–Crippen LogP) is 4.02. The highest BCUT2D eigenvalue weighted by Gasteiger charge is 2.42. The highest BCUT2D eigenvalue weighted by atomic mass is 35.5. The van der Waals surface area contributed by atoms with Crippen LogP contribution in [0.15, 0.2) is 43.1 Å². The number of rotatable bonds is 4. The van der Waals surface area contributed by atoms with E-state index >= 15 is 0 Å². The smallest absolute Gasteiger partial charge is 0.119 e. The molecule has 2 bridgehead atoms. The second-order valence-electron chi connectivity index (χ2n) is 6.97. The van der Waals surface area contributed by atoms with Crippen LogP contribution in [0.25, 0.3) is 10.9 Å². The molecule has 3 saturated heterocycles. The van der Waals surface area contributed by atoms with Crippen LogP contribution in [0.3, 0.4) is 0 Å². The van der Waals surface area contributed by atoms with E-state index in [1.54, 1.807) is 13.3 Å². The molecule has 0 amide bonds. The van der Waals surface area contributed by atoms with Gasteiger partial charge < -0.3 is 9.84 Å². The molecule has 2 aromatic rings. The lowest BCUT2D eigenvalue weighted by Crippen LogP contribution is -2.54. The Bertz CT molecular complexity index is 771. The van der Waals surface area contributed by atoms with Crippen molar-refractivity contribution in [2.24, 2.45) is 11.8 Å². The first kappa shape index (κ1) is 21.0. The third kappa shape index (κ3) is 3.56. The Morgan fingerprint density at radius 2 is 2.15 bits per heavy atom. The number of methoxy groups -OCH3 is 1. The second kappa shape index (κ2) is 8.57. The first-order valence-electron chi connectivity index (χ1n) is 8.68. The SMILES string of the molecule is C=C[C@H]1CN2CCC1C[C@@H]2[C@@H](O)c1ccnc2ccc(OC)cc12.Cl.Cl. The van der Waals surface area contributed by atoms with E-state index in [2.05, 4.69) is 22.5 Å². The lowest BCUT2D eigenvalue weighted by atomic mass is 9.73. The first-order valence-corrected chi connectivity index (χ1v) is 8.68. The van der Waals surface area contributed by atoms with Gasteiger partial charge in [0.05, 0.1) is 18.7 Å². The molecule has 2 unspecified atom stereocenters. The number of nitrogens with zero attached hydrogens (tertiary/aromatic N) is 2. The summed E-state index contributed by atoms with van der Waals surface area (Å²) in [5.41, 5.74) is 1.85. The molecular weight excluding hydrogens is 371 g/mol. The Morgan fingerprint density at radius 3 is 2.81 bits per heavy atom. The maximum atomic E-state index is 11.2. The zero-order valence-corrected chi connectivity index (χ0v) is 16.5. The summed E-state index contributed by atoms with van der Waals surface area (Å²) >= 11 is 0. The highest BCUT2D eigenvalue weighted by molar-refractivity contribution is 5.85. The van der Waals surface area contributed by atoms with Crippen molar-refractivity contribution in [3.8, 4) is 5.75 Å². The zero-order valence-electron chi connectivity index (χ0n) is 14.9. The molecule has 1 aromatic heterocycles. The average Bonchev–Trinajstić information content (AvgIpc) is 2.66. The molecule has 6 heteroatoms. The van der Waals surface area contributed by atoms with Crippen molar-refractivity contribution >= 4 is 35.7 Å². The monoisotopic (exact) mass is 396 g/mol. The summed E-state index contributed by atoms with van der Waals surface area (Å²) in [4.78, 5) is 6.86. The van der Waals surface area contributed by atoms with Gasteiger partial charge in [-0.05, 0) is 61.1 Å². The molecule has 4 nitrogen and oxygen atoms in total. The predicted molar refractivity (Wildman–Crippen MR) is 110 cm³/mol. The Balaban J connectivity index is 0.00000121. The van der Waals surface area contributed by atoms with Crippen molar-refractivity contribution in [3.05, 3.63) is 48.7 Å². The largest absolute Gasteiger partial charge is 0.497 e. The molecule has 142 valence electrons. The van der Waals surface area contributed by atoms with Gasteiger partial charge in [0.2, 0.25) is 0 Å². The second-order valence-corrected chi connectivity index (χ2v) is 6.97. The van der Waals surface area contributed by atoms with Gasteiger partial charge in [-0.25, -0.2) is 0 Å². The molecule has 0 spiro atoms. The van der Waals surface area contributed by atoms with E-state index < -0.39 is 6.10 Å². The molecule has 26 heavy (non-hydrogen) atoms. The quantitative estimate of drug-likeness (QED) is 0.792. The minimum Gasteiger partial charge on any atom is -0.497 e. The van der Waals surface area contributed by atoms with Gasteiger partial charge in [0, 0.05) is 24.2 Å². The minimum atomic E-state index is -0.504. The third-order valence-corrected chi connectivity index (χ3v) is 5.82. The Hall–Kier alpha value is -1.33. The number of aromatic nitrogens is 1. The highest BCUT2D eigenvalue weighted by Crippen LogP contribution is 2.42. The number of halogens is 2. The summed E-state index contributed by atoms with van der Waals surface area (Å²) in [6.07, 6.45) is 5.62. The van der Waals surface area contributed by atoms with Crippen LogP contribution in [-0.4, -0.2) is 41.2 Å². The molecule has 5 rings (SSSR count). The molecule has 0 radical (unpaired) electrons. The summed E-state index contributed by atoms with van der Waals surface area (Å²) in [6, 6.07) is 7.96. The molecule has 0 saturated carbocycles. The molecule has 3 aliphatic rings. The van der Waals surface area contributed by atoms with Crippen LogP contribution in [0.2, 0.25) is 0 Å². The van der Waals surface area contributed by atoms with Crippen LogP contribution >= 0.6 is 24.8 Å². The molecule has 1 N–H and O–H groups in total. The van der Waals surface area contributed by atoms with Crippen LogP contribution in [0.5, 0.6) is 5.75 Å². The van der Waals surface area contributed by atoms with E-state index in [9.17, 15) is 5.11 Å². The third-order valence-electron chi connectivity index (χ3n) is 5.82. The summed E-state index contributed by atoms with van der Waals surface area (Å²) in [5, 5.41) is 12.1. The molecule has 5 atom stereocenters. The number of aliphatic hydroxyl groups excluding tert-OH is 1. The fourth-order valence-corrected chi connectivity index (χ4v) is 4.44. The molecule has 1 aromatic carbocycles. The number of hydrogen-bond donors (Lipinski definition) is 1. The molecule has 4 heterocycles. The summed E-state index contributed by atoms with van der Waals surface area (Å²) in [7, 11) is 1.66. The number of ether oxygens (including phenoxy) is 1. The van der Waals surface area contributed by atoms with Gasteiger partial charge in [-0.3, -0.25) is 9.88 Å². The van der Waals surface area contributed by atoms with Crippen molar-refractivity contribution < 1.29 is 9.84 Å². The molecule has 3 aliphatic heterocycles. The van der Waals surface area contributed by atoms with Gasteiger partial charge in [-0.15, -0.1) is 31.4 Å². The number of pyridine rings is 1. The summed E-state index contributed by atoms with van der Waals surface area (Å²) < 4.78 is 5.35. The van der Waals surface area contributed by atoms with Crippen molar-refractivity contribution in [2.75, 3.05) is 20.2 Å². The van der Waals surface area contributed by atoms with Gasteiger partial charge in [0.15, 0.2) is 0 Å². The molecule has 0 aliphatic carbocycles. The topological polar surface area (TPSA) is 45.6 Å². The van der Waals surface area contributed by atoms with Crippen LogP contribution < -0.4 is 4.74 Å². The van der Waals surface area contributed by atoms with E-state index in [-0.39, 0.29) is 30.9 Å². The van der Waals surface area contributed by atoms with Crippen LogP contribution in [0.4, 0.5) is 0 Å². The summed E-state index contributed by atoms with van der Waals surface area (Å²) in [6.45, 7) is 6.07. The van der Waals surface area contributed by atoms with Gasteiger partial charge in [0.25, 0.3) is 0 Å². The number of benzene rings is 1. The van der Waals surface area contributed by atoms with Crippen LogP contribution in [-0.2, 0) is 0 Å². The maximum Gasteiger partial charge on any atom is 0.119 e. The van der Waals surface area contributed by atoms with Crippen LogP contribution in [0.1, 0.15) is 24.5 Å². The zero-order chi connectivity index (χ0) is 16.7. The van der Waals surface area contributed by atoms with E-state index in [1.807, 2.05) is 24.3 Å². The maximum absolute atomic E-state index is 11.2. The van der Waals surface area contributed by atoms with Crippen molar-refractivity contribution in [1.82, 2.24) is 9.88 Å². The standard InChI is InChI=1S/C20H24N2O2.2ClH/c1-3-13-12-22-9-7-14(13)10-19(22)20(23)16-6-8-21-18-5-4-15(24-2)11-17(16)18;;/h3-6,8,11,13-14,19-20,23H,1,7,9-10,12H2,2H3;2*1H/t13-,14?,19+,20-;;/m0../s1. The Kier molecular flexibility index (Phi) is 6.92. The van der Waals surface area contributed by atoms with E-state index in [0.717, 1.165) is 41.7 Å². The Morgan fingerprint density at radius 1 is 1.35 bits per heavy atom. The van der Waals surface area contributed by atoms with E-state index in [1.165, 1.54) is 6.42 Å². The fraction of sp³-hybridized carbons (Fsp3) is 0.450. The van der Waals surface area contributed by atoms with Gasteiger partial charge in [-0.2, -0.15) is 0 Å². The van der Waals surface area contributed by atoms with Crippen LogP contribution in [0, 0.1) is 11.8 Å². The first-order chi connectivity index (χ1) is 11.7. The number of piperidine rings is 3. The van der Waals surface area contributed by atoms with Gasteiger partial charge in [0.1, 0.15) is 5.75 Å². The van der Waals surface area contributed by atoms with Crippen molar-refractivity contribution in [2.45, 2.75) is 25.0 Å². The van der Waals surface area contributed by atoms with Gasteiger partial charge >= 0.3 is 0 Å². The van der Waals surface area contributed by atoms with Crippen molar-refractivity contribution in [3.63, 3.8) is 0 Å². The Labute approximate surface area is 167 Å². The summed E-state index contributed by atoms with van der Waals surface area (Å²) in [5.74, 6) is 2.01. The minimum absolute atomic E-state index is 0. The van der Waals surface area contributed by atoms with E-state index in [4.69, 9.17) is 4.74 Å². The lowest BCUT2D eigenvalue weighted by Gasteiger charge is -2.50. The molecular formula is C20H26Cl2N2O2.